The monoisotopic (exact) mass is 232 g/mol. The molecule has 0 fully saturated rings. The SMILES string of the molecule is CC(C=O)c1cccc(OC(F)F)c1S. The van der Waals surface area contributed by atoms with E-state index in [1.54, 1.807) is 19.1 Å². The highest BCUT2D eigenvalue weighted by Gasteiger charge is 2.14. The lowest BCUT2D eigenvalue weighted by Gasteiger charge is -2.12. The van der Waals surface area contributed by atoms with Crippen molar-refractivity contribution in [2.45, 2.75) is 24.3 Å². The van der Waals surface area contributed by atoms with Crippen molar-refractivity contribution >= 4 is 18.9 Å². The first kappa shape index (κ1) is 12.0. The molecule has 0 aliphatic heterocycles. The fourth-order valence-electron chi connectivity index (χ4n) is 1.17. The first-order chi connectivity index (χ1) is 7.06. The molecule has 1 aromatic carbocycles. The van der Waals surface area contributed by atoms with Crippen molar-refractivity contribution in [2.75, 3.05) is 0 Å². The zero-order valence-corrected chi connectivity index (χ0v) is 8.88. The van der Waals surface area contributed by atoms with Gasteiger partial charge in [0.15, 0.2) is 0 Å². The number of thiol groups is 1. The van der Waals surface area contributed by atoms with Crippen LogP contribution in [0.15, 0.2) is 23.1 Å². The molecule has 15 heavy (non-hydrogen) atoms. The van der Waals surface area contributed by atoms with E-state index in [1.165, 1.54) is 6.07 Å². The molecule has 1 atom stereocenters. The van der Waals surface area contributed by atoms with Crippen molar-refractivity contribution in [1.82, 2.24) is 0 Å². The Balaban J connectivity index is 3.05. The molecule has 2 nitrogen and oxygen atoms in total. The second kappa shape index (κ2) is 5.11. The van der Waals surface area contributed by atoms with Crippen LogP contribution in [0.5, 0.6) is 5.75 Å². The Morgan fingerprint density at radius 3 is 2.67 bits per heavy atom. The zero-order chi connectivity index (χ0) is 11.4. The van der Waals surface area contributed by atoms with Crippen LogP contribution in [0.25, 0.3) is 0 Å². The molecule has 0 saturated heterocycles. The van der Waals surface area contributed by atoms with Crippen molar-refractivity contribution < 1.29 is 18.3 Å². The van der Waals surface area contributed by atoms with E-state index in [1.807, 2.05) is 0 Å². The topological polar surface area (TPSA) is 26.3 Å². The minimum Gasteiger partial charge on any atom is -0.434 e. The zero-order valence-electron chi connectivity index (χ0n) is 7.98. The Hall–Kier alpha value is -1.10. The summed E-state index contributed by atoms with van der Waals surface area (Å²) >= 11 is 4.06. The van der Waals surface area contributed by atoms with Crippen LogP contribution in [-0.4, -0.2) is 12.9 Å². The number of hydrogen-bond acceptors (Lipinski definition) is 3. The van der Waals surface area contributed by atoms with Gasteiger partial charge in [-0.2, -0.15) is 8.78 Å². The average molecular weight is 232 g/mol. The predicted octanol–water partition coefficient (Wildman–Crippen LogP) is 2.88. The van der Waals surface area contributed by atoms with Crippen LogP contribution in [0.4, 0.5) is 8.78 Å². The van der Waals surface area contributed by atoms with Gasteiger partial charge in [0.05, 0.1) is 4.90 Å². The molecular formula is C10H10F2O2S. The molecular weight excluding hydrogens is 222 g/mol. The largest absolute Gasteiger partial charge is 0.434 e. The fourth-order valence-corrected chi connectivity index (χ4v) is 1.58. The quantitative estimate of drug-likeness (QED) is 0.638. The Bertz CT molecular complexity index is 355. The first-order valence-corrected chi connectivity index (χ1v) is 4.73. The van der Waals surface area contributed by atoms with Gasteiger partial charge in [-0.1, -0.05) is 19.1 Å². The van der Waals surface area contributed by atoms with Gasteiger partial charge in [-0.15, -0.1) is 12.6 Å². The Morgan fingerprint density at radius 1 is 1.47 bits per heavy atom. The number of hydrogen-bond donors (Lipinski definition) is 1. The smallest absolute Gasteiger partial charge is 0.387 e. The summed E-state index contributed by atoms with van der Waals surface area (Å²) in [5.41, 5.74) is 0.575. The van der Waals surface area contributed by atoms with E-state index in [2.05, 4.69) is 17.4 Å². The molecule has 0 aliphatic rings. The molecule has 0 spiro atoms. The maximum atomic E-state index is 12.0. The lowest BCUT2D eigenvalue weighted by Crippen LogP contribution is -2.04. The lowest BCUT2D eigenvalue weighted by atomic mass is 10.0. The van der Waals surface area contributed by atoms with Gasteiger partial charge < -0.3 is 9.53 Å². The molecule has 0 saturated carbocycles. The summed E-state index contributed by atoms with van der Waals surface area (Å²) in [6, 6.07) is 4.59. The maximum Gasteiger partial charge on any atom is 0.387 e. The molecule has 0 bridgehead atoms. The summed E-state index contributed by atoms with van der Waals surface area (Å²) in [5.74, 6) is -0.404. The van der Waals surface area contributed by atoms with E-state index in [-0.39, 0.29) is 10.6 Å². The molecule has 0 heterocycles. The third-order valence-corrected chi connectivity index (χ3v) is 2.42. The molecule has 0 radical (unpaired) electrons. The maximum absolute atomic E-state index is 12.0. The number of rotatable bonds is 4. The summed E-state index contributed by atoms with van der Waals surface area (Å²) < 4.78 is 28.2. The van der Waals surface area contributed by atoms with Gasteiger partial charge in [0, 0.05) is 5.92 Å². The fraction of sp³-hybridized carbons (Fsp3) is 0.300. The second-order valence-corrected chi connectivity index (χ2v) is 3.44. The number of carbonyl (C=O) groups is 1. The van der Waals surface area contributed by atoms with Crippen LogP contribution in [0, 0.1) is 0 Å². The lowest BCUT2D eigenvalue weighted by molar-refractivity contribution is -0.108. The predicted molar refractivity (Wildman–Crippen MR) is 54.8 cm³/mol. The summed E-state index contributed by atoms with van der Waals surface area (Å²) in [5, 5.41) is 0. The molecule has 1 rings (SSSR count). The van der Waals surface area contributed by atoms with Crippen molar-refractivity contribution in [2.24, 2.45) is 0 Å². The van der Waals surface area contributed by atoms with Crippen LogP contribution < -0.4 is 4.74 Å². The Kier molecular flexibility index (Phi) is 4.08. The molecule has 0 amide bonds. The van der Waals surface area contributed by atoms with Crippen molar-refractivity contribution in [1.29, 1.82) is 0 Å². The van der Waals surface area contributed by atoms with Crippen molar-refractivity contribution in [3.05, 3.63) is 23.8 Å². The minimum absolute atomic E-state index is 0.0143. The first-order valence-electron chi connectivity index (χ1n) is 4.28. The molecule has 5 heteroatoms. The number of alkyl halides is 2. The summed E-state index contributed by atoms with van der Waals surface area (Å²) in [6.07, 6.45) is 0.723. The second-order valence-electron chi connectivity index (χ2n) is 3.00. The van der Waals surface area contributed by atoms with Gasteiger partial charge in [-0.25, -0.2) is 0 Å². The highest BCUT2D eigenvalue weighted by atomic mass is 32.1. The standard InChI is InChI=1S/C10H10F2O2S/c1-6(5-13)7-3-2-4-8(9(7)15)14-10(11)12/h2-6,10,15H,1H3. The Morgan fingerprint density at radius 2 is 2.13 bits per heavy atom. The van der Waals surface area contributed by atoms with Crippen LogP contribution >= 0.6 is 12.6 Å². The van der Waals surface area contributed by atoms with E-state index in [9.17, 15) is 13.6 Å². The van der Waals surface area contributed by atoms with Crippen LogP contribution in [0.3, 0.4) is 0 Å². The molecule has 0 aromatic heterocycles. The van der Waals surface area contributed by atoms with Gasteiger partial charge in [-0.05, 0) is 11.6 Å². The normalized spacial score (nSPS) is 12.6. The Labute approximate surface area is 91.7 Å². The highest BCUT2D eigenvalue weighted by Crippen LogP contribution is 2.31. The minimum atomic E-state index is -2.89. The molecule has 0 N–H and O–H groups in total. The number of ether oxygens (including phenoxy) is 1. The molecule has 0 aliphatic carbocycles. The average Bonchev–Trinajstić information content (AvgIpc) is 2.19. The van der Waals surface area contributed by atoms with Gasteiger partial charge >= 0.3 is 6.61 Å². The van der Waals surface area contributed by atoms with Crippen molar-refractivity contribution in [3.63, 3.8) is 0 Å². The summed E-state index contributed by atoms with van der Waals surface area (Å²) in [6.45, 7) is -1.23. The highest BCUT2D eigenvalue weighted by molar-refractivity contribution is 7.80. The van der Waals surface area contributed by atoms with Crippen LogP contribution in [-0.2, 0) is 4.79 Å². The van der Waals surface area contributed by atoms with Gasteiger partial charge in [0.2, 0.25) is 0 Å². The number of benzene rings is 1. The van der Waals surface area contributed by atoms with Gasteiger partial charge in [0.1, 0.15) is 12.0 Å². The van der Waals surface area contributed by atoms with E-state index in [0.717, 1.165) is 6.29 Å². The molecule has 1 unspecified atom stereocenters. The summed E-state index contributed by atoms with van der Waals surface area (Å²) in [7, 11) is 0. The molecule has 82 valence electrons. The van der Waals surface area contributed by atoms with Gasteiger partial charge in [0.25, 0.3) is 0 Å². The third kappa shape index (κ3) is 2.92. The number of carbonyl (C=O) groups excluding carboxylic acids is 1. The van der Waals surface area contributed by atoms with E-state index in [4.69, 9.17) is 0 Å². The summed E-state index contributed by atoms with van der Waals surface area (Å²) in [4.78, 5) is 10.8. The molecule has 1 aromatic rings. The van der Waals surface area contributed by atoms with E-state index < -0.39 is 12.5 Å². The van der Waals surface area contributed by atoms with Crippen LogP contribution in [0.1, 0.15) is 18.4 Å². The van der Waals surface area contributed by atoms with Gasteiger partial charge in [-0.3, -0.25) is 0 Å². The number of halogens is 2. The third-order valence-electron chi connectivity index (χ3n) is 1.94. The number of aldehydes is 1. The van der Waals surface area contributed by atoms with Crippen molar-refractivity contribution in [3.8, 4) is 5.75 Å². The van der Waals surface area contributed by atoms with E-state index in [0.29, 0.717) is 5.56 Å². The van der Waals surface area contributed by atoms with Crippen LogP contribution in [0.2, 0.25) is 0 Å². The van der Waals surface area contributed by atoms with E-state index >= 15 is 0 Å².